The summed E-state index contributed by atoms with van der Waals surface area (Å²) in [4.78, 5) is 12.0. The van der Waals surface area contributed by atoms with Crippen LogP contribution in [0, 0.1) is 13.8 Å². The van der Waals surface area contributed by atoms with Crippen molar-refractivity contribution < 1.29 is 13.2 Å². The van der Waals surface area contributed by atoms with Crippen LogP contribution in [0.25, 0.3) is 0 Å². The first-order valence-corrected chi connectivity index (χ1v) is 8.11. The average molecular weight is 317 g/mol. The summed E-state index contributed by atoms with van der Waals surface area (Å²) in [6, 6.07) is -1.12. The maximum Gasteiger partial charge on any atom is 0.244 e. The van der Waals surface area contributed by atoms with E-state index < -0.39 is 22.0 Å². The fraction of sp³-hybridized carbons (Fsp3) is 0.667. The molecule has 8 nitrogen and oxygen atoms in total. The van der Waals surface area contributed by atoms with Gasteiger partial charge in [0.25, 0.3) is 0 Å². The first kappa shape index (κ1) is 17.6. The molecule has 0 radical (unpaired) electrons. The van der Waals surface area contributed by atoms with Crippen LogP contribution >= 0.6 is 0 Å². The molecule has 0 saturated carbocycles. The zero-order valence-corrected chi connectivity index (χ0v) is 13.8. The van der Waals surface area contributed by atoms with E-state index in [9.17, 15) is 13.2 Å². The minimum atomic E-state index is -3.81. The molecule has 0 saturated heterocycles. The summed E-state index contributed by atoms with van der Waals surface area (Å²) in [5.41, 5.74) is 6.33. The molecule has 1 amide bonds. The molecule has 21 heavy (non-hydrogen) atoms. The summed E-state index contributed by atoms with van der Waals surface area (Å²) in [7, 11) is -2.15. The first-order valence-electron chi connectivity index (χ1n) is 6.63. The van der Waals surface area contributed by atoms with E-state index in [0.29, 0.717) is 11.4 Å². The molecule has 0 aromatic carbocycles. The van der Waals surface area contributed by atoms with Gasteiger partial charge in [0.15, 0.2) is 0 Å². The number of nitrogens with zero attached hydrogens (tertiary/aromatic N) is 2. The second kappa shape index (κ2) is 6.54. The lowest BCUT2D eigenvalue weighted by atomic mass is 10.3. The molecule has 0 fully saturated rings. The highest BCUT2D eigenvalue weighted by Crippen LogP contribution is 2.18. The van der Waals surface area contributed by atoms with Crippen molar-refractivity contribution in [1.82, 2.24) is 19.8 Å². The molecular formula is C12H23N5O3S. The lowest BCUT2D eigenvalue weighted by molar-refractivity contribution is -0.122. The Morgan fingerprint density at radius 3 is 2.38 bits per heavy atom. The number of rotatable bonds is 6. The highest BCUT2D eigenvalue weighted by Gasteiger charge is 2.27. The number of amides is 1. The van der Waals surface area contributed by atoms with Crippen molar-refractivity contribution in [1.29, 1.82) is 0 Å². The molecule has 0 aliphatic heterocycles. The van der Waals surface area contributed by atoms with Gasteiger partial charge in [-0.2, -0.15) is 9.82 Å². The van der Waals surface area contributed by atoms with Crippen LogP contribution < -0.4 is 15.8 Å². The number of nitrogens with two attached hydrogens (primary N) is 1. The van der Waals surface area contributed by atoms with E-state index in [2.05, 4.69) is 15.1 Å². The molecule has 1 heterocycles. The molecule has 1 unspecified atom stereocenters. The largest absolute Gasteiger partial charge is 0.351 e. The van der Waals surface area contributed by atoms with E-state index in [-0.39, 0.29) is 17.5 Å². The smallest absolute Gasteiger partial charge is 0.244 e. The van der Waals surface area contributed by atoms with Gasteiger partial charge in [-0.25, -0.2) is 8.42 Å². The van der Waals surface area contributed by atoms with Crippen molar-refractivity contribution in [3.05, 3.63) is 11.4 Å². The Bertz CT molecular complexity index is 623. The van der Waals surface area contributed by atoms with Crippen LogP contribution in [-0.4, -0.2) is 42.7 Å². The molecule has 9 heteroatoms. The third-order valence-electron chi connectivity index (χ3n) is 3.18. The Labute approximate surface area is 125 Å². The fourth-order valence-corrected chi connectivity index (χ4v) is 3.56. The molecule has 0 aliphatic rings. The van der Waals surface area contributed by atoms with E-state index in [1.54, 1.807) is 27.8 Å². The number of sulfonamides is 1. The standard InChI is InChI=1S/C12H23N5O3S/c1-7(6-13)14-12(18)9(3)16-21(19,20)11-8(2)15-17(5)10(11)4/h7,9,16H,6,13H2,1-5H3,(H,14,18)/t7-,9?/m0/s1. The molecule has 1 rings (SSSR count). The van der Waals surface area contributed by atoms with Crippen LogP contribution in [0.15, 0.2) is 4.90 Å². The zero-order valence-electron chi connectivity index (χ0n) is 13.0. The number of nitrogens with one attached hydrogen (secondary N) is 2. The van der Waals surface area contributed by atoms with Gasteiger partial charge in [0.1, 0.15) is 4.90 Å². The molecule has 4 N–H and O–H groups in total. The van der Waals surface area contributed by atoms with Crippen molar-refractivity contribution in [2.45, 2.75) is 44.7 Å². The summed E-state index contributed by atoms with van der Waals surface area (Å²) in [5, 5.41) is 6.70. The second-order valence-corrected chi connectivity index (χ2v) is 6.76. The predicted octanol–water partition coefficient (Wildman–Crippen LogP) is -0.833. The first-order chi connectivity index (χ1) is 9.60. The van der Waals surface area contributed by atoms with E-state index in [4.69, 9.17) is 5.73 Å². The van der Waals surface area contributed by atoms with Crippen molar-refractivity contribution in [3.8, 4) is 0 Å². The van der Waals surface area contributed by atoms with Crippen molar-refractivity contribution in [2.24, 2.45) is 12.8 Å². The third-order valence-corrected chi connectivity index (χ3v) is 4.97. The molecule has 2 atom stereocenters. The lowest BCUT2D eigenvalue weighted by Gasteiger charge is -2.17. The minimum Gasteiger partial charge on any atom is -0.351 e. The summed E-state index contributed by atoms with van der Waals surface area (Å²) in [6.45, 7) is 6.79. The average Bonchev–Trinajstić information content (AvgIpc) is 2.62. The van der Waals surface area contributed by atoms with E-state index >= 15 is 0 Å². The zero-order chi connectivity index (χ0) is 16.4. The second-order valence-electron chi connectivity index (χ2n) is 5.11. The quantitative estimate of drug-likeness (QED) is 0.632. The molecular weight excluding hydrogens is 294 g/mol. The number of aryl methyl sites for hydroxylation is 2. The third kappa shape index (κ3) is 4.02. The van der Waals surface area contributed by atoms with Crippen LogP contribution in [0.4, 0.5) is 0 Å². The number of carbonyl (C=O) groups excluding carboxylic acids is 1. The van der Waals surface area contributed by atoms with Gasteiger partial charge in [-0.05, 0) is 27.7 Å². The Morgan fingerprint density at radius 1 is 1.38 bits per heavy atom. The normalized spacial score (nSPS) is 14.8. The van der Waals surface area contributed by atoms with E-state index in [0.717, 1.165) is 0 Å². The Balaban J connectivity index is 2.93. The Hall–Kier alpha value is -1.45. The van der Waals surface area contributed by atoms with Crippen LogP contribution in [0.2, 0.25) is 0 Å². The highest BCUT2D eigenvalue weighted by molar-refractivity contribution is 7.89. The van der Waals surface area contributed by atoms with Crippen molar-refractivity contribution in [3.63, 3.8) is 0 Å². The van der Waals surface area contributed by atoms with Gasteiger partial charge in [0.05, 0.1) is 17.4 Å². The number of aromatic nitrogens is 2. The number of carbonyl (C=O) groups is 1. The molecule has 1 aromatic rings. The van der Waals surface area contributed by atoms with Gasteiger partial charge in [0, 0.05) is 19.6 Å². The maximum atomic E-state index is 12.4. The summed E-state index contributed by atoms with van der Waals surface area (Å²) in [5.74, 6) is -0.421. The van der Waals surface area contributed by atoms with Crippen LogP contribution in [0.3, 0.4) is 0 Å². The monoisotopic (exact) mass is 317 g/mol. The molecule has 0 spiro atoms. The van der Waals surface area contributed by atoms with Gasteiger partial charge < -0.3 is 11.1 Å². The van der Waals surface area contributed by atoms with Gasteiger partial charge in [-0.1, -0.05) is 0 Å². The number of hydrogen-bond acceptors (Lipinski definition) is 5. The molecule has 1 aromatic heterocycles. The van der Waals surface area contributed by atoms with Crippen molar-refractivity contribution >= 4 is 15.9 Å². The molecule has 120 valence electrons. The summed E-state index contributed by atoms with van der Waals surface area (Å²) in [6.07, 6.45) is 0. The highest BCUT2D eigenvalue weighted by atomic mass is 32.2. The van der Waals surface area contributed by atoms with E-state index in [1.807, 2.05) is 0 Å². The summed E-state index contributed by atoms with van der Waals surface area (Å²) >= 11 is 0. The predicted molar refractivity (Wildman–Crippen MR) is 79.1 cm³/mol. The van der Waals surface area contributed by atoms with Crippen LogP contribution in [0.1, 0.15) is 25.2 Å². The Morgan fingerprint density at radius 2 is 1.95 bits per heavy atom. The number of hydrogen-bond donors (Lipinski definition) is 3. The van der Waals surface area contributed by atoms with Gasteiger partial charge in [-0.3, -0.25) is 9.48 Å². The fourth-order valence-electron chi connectivity index (χ4n) is 1.92. The lowest BCUT2D eigenvalue weighted by Crippen LogP contribution is -2.49. The SMILES string of the molecule is Cc1nn(C)c(C)c1S(=O)(=O)NC(C)C(=O)N[C@@H](C)CN. The van der Waals surface area contributed by atoms with E-state index in [1.165, 1.54) is 11.6 Å². The Kier molecular flexibility index (Phi) is 5.48. The van der Waals surface area contributed by atoms with Crippen LogP contribution in [0.5, 0.6) is 0 Å². The molecule has 0 aliphatic carbocycles. The van der Waals surface area contributed by atoms with Crippen LogP contribution in [-0.2, 0) is 21.9 Å². The maximum absolute atomic E-state index is 12.4. The van der Waals surface area contributed by atoms with Gasteiger partial charge >= 0.3 is 0 Å². The van der Waals surface area contributed by atoms with Gasteiger partial charge in [-0.15, -0.1) is 0 Å². The molecule has 0 bridgehead atoms. The van der Waals surface area contributed by atoms with Crippen molar-refractivity contribution in [2.75, 3.05) is 6.54 Å². The minimum absolute atomic E-state index is 0.108. The topological polar surface area (TPSA) is 119 Å². The summed E-state index contributed by atoms with van der Waals surface area (Å²) < 4.78 is 28.6. The van der Waals surface area contributed by atoms with Gasteiger partial charge in [0.2, 0.25) is 15.9 Å².